The van der Waals surface area contributed by atoms with Crippen molar-refractivity contribution in [1.82, 2.24) is 15.1 Å². The fourth-order valence-corrected chi connectivity index (χ4v) is 4.26. The van der Waals surface area contributed by atoms with Crippen LogP contribution in [0.5, 0.6) is 0 Å². The number of hydrogen-bond acceptors (Lipinski definition) is 4. The van der Waals surface area contributed by atoms with Crippen molar-refractivity contribution in [1.29, 1.82) is 0 Å². The Bertz CT molecular complexity index is 370. The lowest BCUT2D eigenvalue weighted by molar-refractivity contribution is -0.134. The molecule has 2 unspecified atom stereocenters. The van der Waals surface area contributed by atoms with Crippen LogP contribution in [0.2, 0.25) is 0 Å². The predicted molar refractivity (Wildman–Crippen MR) is 91.3 cm³/mol. The Labute approximate surface area is 140 Å². The Kier molecular flexibility index (Phi) is 6.31. The Morgan fingerprint density at radius 3 is 2.57 bits per heavy atom. The van der Waals surface area contributed by atoms with E-state index in [1.807, 2.05) is 0 Å². The van der Waals surface area contributed by atoms with E-state index in [9.17, 15) is 4.79 Å². The lowest BCUT2D eigenvalue weighted by atomic mass is 9.84. The molecular formula is C18H33N3O2. The van der Waals surface area contributed by atoms with Crippen LogP contribution in [-0.4, -0.2) is 74.7 Å². The summed E-state index contributed by atoms with van der Waals surface area (Å²) in [5.74, 6) is 2.33. The molecule has 3 saturated heterocycles. The van der Waals surface area contributed by atoms with Gasteiger partial charge in [-0.15, -0.1) is 0 Å². The van der Waals surface area contributed by atoms with E-state index < -0.39 is 0 Å². The second-order valence-electron chi connectivity index (χ2n) is 7.68. The molecule has 5 heteroatoms. The second kappa shape index (κ2) is 8.45. The standard InChI is InChI=1S/C18H33N3O2/c1-15(17-2-5-19-6-3-17)12-18(22)21-9-7-20(8-10-21)13-16-4-11-23-14-16/h15-17,19H,2-14H2,1H3. The zero-order chi connectivity index (χ0) is 16.1. The molecule has 5 nitrogen and oxygen atoms in total. The lowest BCUT2D eigenvalue weighted by Gasteiger charge is -2.37. The average molecular weight is 323 g/mol. The molecule has 1 amide bonds. The van der Waals surface area contributed by atoms with Crippen molar-refractivity contribution >= 4 is 5.91 Å². The first kappa shape index (κ1) is 17.2. The van der Waals surface area contributed by atoms with Gasteiger partial charge < -0.3 is 15.0 Å². The molecule has 0 saturated carbocycles. The zero-order valence-electron chi connectivity index (χ0n) is 14.6. The van der Waals surface area contributed by atoms with Crippen LogP contribution in [-0.2, 0) is 9.53 Å². The van der Waals surface area contributed by atoms with Crippen molar-refractivity contribution in [3.05, 3.63) is 0 Å². The number of carbonyl (C=O) groups is 1. The van der Waals surface area contributed by atoms with E-state index in [1.165, 1.54) is 19.3 Å². The van der Waals surface area contributed by atoms with Gasteiger partial charge in [-0.2, -0.15) is 0 Å². The van der Waals surface area contributed by atoms with Crippen molar-refractivity contribution in [2.75, 3.05) is 59.0 Å². The van der Waals surface area contributed by atoms with Gasteiger partial charge in [0.1, 0.15) is 0 Å². The molecule has 3 aliphatic heterocycles. The Balaban J connectivity index is 1.37. The number of piperazine rings is 1. The normalized spacial score (nSPS) is 28.9. The number of carbonyl (C=O) groups excluding carboxylic acids is 1. The summed E-state index contributed by atoms with van der Waals surface area (Å²) in [5.41, 5.74) is 0. The Hall–Kier alpha value is -0.650. The van der Waals surface area contributed by atoms with Crippen LogP contribution in [0.25, 0.3) is 0 Å². The average Bonchev–Trinajstić information content (AvgIpc) is 3.09. The number of piperidine rings is 1. The molecule has 0 spiro atoms. The van der Waals surface area contributed by atoms with E-state index >= 15 is 0 Å². The molecular weight excluding hydrogens is 290 g/mol. The Morgan fingerprint density at radius 1 is 1.17 bits per heavy atom. The summed E-state index contributed by atoms with van der Waals surface area (Å²) >= 11 is 0. The molecule has 3 rings (SSSR count). The Morgan fingerprint density at radius 2 is 1.91 bits per heavy atom. The molecule has 0 aromatic rings. The zero-order valence-corrected chi connectivity index (χ0v) is 14.6. The van der Waals surface area contributed by atoms with Crippen LogP contribution in [0.15, 0.2) is 0 Å². The summed E-state index contributed by atoms with van der Waals surface area (Å²) in [6.07, 6.45) is 4.39. The number of hydrogen-bond donors (Lipinski definition) is 1. The van der Waals surface area contributed by atoms with Gasteiger partial charge in [0.05, 0.1) is 6.61 Å². The first-order chi connectivity index (χ1) is 11.2. The summed E-state index contributed by atoms with van der Waals surface area (Å²) in [6, 6.07) is 0. The maximum absolute atomic E-state index is 12.6. The van der Waals surface area contributed by atoms with Gasteiger partial charge in [-0.05, 0) is 50.1 Å². The van der Waals surface area contributed by atoms with Crippen LogP contribution in [0.3, 0.4) is 0 Å². The van der Waals surface area contributed by atoms with Gasteiger partial charge in [0.2, 0.25) is 5.91 Å². The van der Waals surface area contributed by atoms with Crippen LogP contribution in [0, 0.1) is 17.8 Å². The van der Waals surface area contributed by atoms with Crippen molar-refractivity contribution in [2.45, 2.75) is 32.6 Å². The highest BCUT2D eigenvalue weighted by molar-refractivity contribution is 5.76. The predicted octanol–water partition coefficient (Wildman–Crippen LogP) is 1.19. The molecule has 1 N–H and O–H groups in total. The molecule has 2 atom stereocenters. The summed E-state index contributed by atoms with van der Waals surface area (Å²) < 4.78 is 5.46. The van der Waals surface area contributed by atoms with Crippen LogP contribution in [0.1, 0.15) is 32.6 Å². The van der Waals surface area contributed by atoms with Gasteiger partial charge in [0.15, 0.2) is 0 Å². The van der Waals surface area contributed by atoms with Gasteiger partial charge >= 0.3 is 0 Å². The third kappa shape index (κ3) is 4.91. The number of amides is 1. The monoisotopic (exact) mass is 323 g/mol. The number of ether oxygens (including phenoxy) is 1. The first-order valence-electron chi connectivity index (χ1n) is 9.51. The molecule has 0 radical (unpaired) electrons. The molecule has 3 aliphatic rings. The fraction of sp³-hybridized carbons (Fsp3) is 0.944. The fourth-order valence-electron chi connectivity index (χ4n) is 4.26. The number of nitrogens with one attached hydrogen (secondary N) is 1. The molecule has 3 fully saturated rings. The second-order valence-corrected chi connectivity index (χ2v) is 7.68. The summed E-state index contributed by atoms with van der Waals surface area (Å²) in [6.45, 7) is 11.4. The van der Waals surface area contributed by atoms with Gasteiger partial charge in [-0.3, -0.25) is 9.69 Å². The number of rotatable bonds is 5. The van der Waals surface area contributed by atoms with Gasteiger partial charge in [0.25, 0.3) is 0 Å². The van der Waals surface area contributed by atoms with Crippen LogP contribution in [0.4, 0.5) is 0 Å². The molecule has 0 aromatic heterocycles. The molecule has 0 bridgehead atoms. The largest absolute Gasteiger partial charge is 0.381 e. The highest BCUT2D eigenvalue weighted by atomic mass is 16.5. The minimum absolute atomic E-state index is 0.375. The van der Waals surface area contributed by atoms with E-state index in [1.54, 1.807) is 0 Å². The number of nitrogens with zero attached hydrogens (tertiary/aromatic N) is 2. The van der Waals surface area contributed by atoms with E-state index in [0.29, 0.717) is 17.7 Å². The van der Waals surface area contributed by atoms with Crippen molar-refractivity contribution in [2.24, 2.45) is 17.8 Å². The maximum Gasteiger partial charge on any atom is 0.222 e. The molecule has 23 heavy (non-hydrogen) atoms. The van der Waals surface area contributed by atoms with Crippen molar-refractivity contribution < 1.29 is 9.53 Å². The topological polar surface area (TPSA) is 44.8 Å². The maximum atomic E-state index is 12.6. The minimum Gasteiger partial charge on any atom is -0.381 e. The van der Waals surface area contributed by atoms with Crippen molar-refractivity contribution in [3.63, 3.8) is 0 Å². The highest BCUT2D eigenvalue weighted by Gasteiger charge is 2.27. The van der Waals surface area contributed by atoms with E-state index in [2.05, 4.69) is 22.0 Å². The quantitative estimate of drug-likeness (QED) is 0.826. The summed E-state index contributed by atoms with van der Waals surface area (Å²) in [4.78, 5) is 17.2. The van der Waals surface area contributed by atoms with Crippen LogP contribution >= 0.6 is 0 Å². The minimum atomic E-state index is 0.375. The van der Waals surface area contributed by atoms with Gasteiger partial charge in [-0.25, -0.2) is 0 Å². The third-order valence-electron chi connectivity index (χ3n) is 5.95. The summed E-state index contributed by atoms with van der Waals surface area (Å²) in [5, 5.41) is 3.41. The van der Waals surface area contributed by atoms with Crippen molar-refractivity contribution in [3.8, 4) is 0 Å². The van der Waals surface area contributed by atoms with Gasteiger partial charge in [0, 0.05) is 45.8 Å². The molecule has 0 aliphatic carbocycles. The smallest absolute Gasteiger partial charge is 0.222 e. The third-order valence-corrected chi connectivity index (χ3v) is 5.95. The lowest BCUT2D eigenvalue weighted by Crippen LogP contribution is -2.50. The molecule has 0 aromatic carbocycles. The highest BCUT2D eigenvalue weighted by Crippen LogP contribution is 2.25. The molecule has 3 heterocycles. The summed E-state index contributed by atoms with van der Waals surface area (Å²) in [7, 11) is 0. The first-order valence-corrected chi connectivity index (χ1v) is 9.51. The molecule has 132 valence electrons. The van der Waals surface area contributed by atoms with E-state index in [-0.39, 0.29) is 0 Å². The SMILES string of the molecule is CC(CC(=O)N1CCN(CC2CCOC2)CC1)C1CCNCC1. The van der Waals surface area contributed by atoms with E-state index in [4.69, 9.17) is 4.74 Å². The van der Waals surface area contributed by atoms with Gasteiger partial charge in [-0.1, -0.05) is 6.92 Å². The van der Waals surface area contributed by atoms with E-state index in [0.717, 1.165) is 71.4 Å². The van der Waals surface area contributed by atoms with Crippen LogP contribution < -0.4 is 5.32 Å².